The highest BCUT2D eigenvalue weighted by atomic mass is 28.4. The SMILES string of the molecule is CCC(C(=O)Cc1ccc2cnccc2c1)c1ccc(COC(=O)CCC/C=C\C[C@@H]2[C@@H](/C=C/[C@@H](O)COc3cccc(C)c3)[C@H](O)C[C@@H]2O)cc1.CCC(C(=O)Cc1ccc2cnccc2c1)c1ccc(COC(=O)CCC/C=C\C[C@@H]2[C@@H](/C=C/[C@H](COc3cccc(C)c3)O[Si](C)(C)C(C)(C)C)[C@H](O[Si](C)(C)C(C)(C)C)C[C@@H]2O[Si](C)(C)C(C)(C)C)cc1. The zero-order chi connectivity index (χ0) is 90.9. The van der Waals surface area contributed by atoms with Crippen molar-refractivity contribution in [2.75, 3.05) is 13.2 Å². The zero-order valence-corrected chi connectivity index (χ0v) is 81.2. The van der Waals surface area contributed by atoms with Gasteiger partial charge in [0, 0.05) is 91.3 Å². The van der Waals surface area contributed by atoms with Crippen molar-refractivity contribution in [2.45, 2.75) is 296 Å². The number of aliphatic hydroxyl groups excluding tert-OH is 3. The number of unbranched alkanes of at least 4 members (excludes halogenated alkanes) is 2. The number of pyridine rings is 2. The molecule has 125 heavy (non-hydrogen) atoms. The van der Waals surface area contributed by atoms with Crippen LogP contribution in [-0.2, 0) is 68.0 Å². The highest BCUT2D eigenvalue weighted by molar-refractivity contribution is 6.75. The molecule has 0 bridgehead atoms. The average molecular weight is 1750 g/mol. The highest BCUT2D eigenvalue weighted by Gasteiger charge is 2.51. The van der Waals surface area contributed by atoms with Gasteiger partial charge in [-0.25, -0.2) is 0 Å². The molecule has 10 rings (SSSR count). The summed E-state index contributed by atoms with van der Waals surface area (Å²) in [4.78, 5) is 60.5. The first-order chi connectivity index (χ1) is 59.2. The number of hydrogen-bond acceptors (Lipinski definition) is 16. The number of ketones is 2. The summed E-state index contributed by atoms with van der Waals surface area (Å²) >= 11 is 0. The second-order valence-electron chi connectivity index (χ2n) is 39.3. The van der Waals surface area contributed by atoms with Crippen LogP contribution in [0.3, 0.4) is 0 Å². The minimum absolute atomic E-state index is 0.00242. The third kappa shape index (κ3) is 30.3. The standard InChI is InChI=1S/C62H93NO7Si3.C44H51NO7/c1-18-53(56(64)40-47-30-33-50-42-63-37-36-49(50)39-47)48-31-28-46(29-32-48)43-67-59(65)27-22-20-19-21-26-54-55(58(70-73(16,17)62(9,10)11)41-57(54)69-72(14,15)61(6,7)8)35-34-52(68-71(12,13)60(3,4)5)44-66-51-25-23-24-45(2)38-51;1-3-38(41(47)25-32-15-18-35-27-45-22-21-34(35)24-32)33-16-13-31(14-17-33)28-52-44(50)12-7-5-4-6-11-39-40(43(49)26-42(39)48)20-19-36(46)29-51-37-10-8-9-30(2)23-37/h19,21,23-25,28-39,42,52-55,57-58H,18,20,22,26-27,40-41,43-44H2,1-17H3;4,6,8-10,13-24,27,36,38-40,42-43,46,48-49H,3,5,7,11-12,25-26,28-29H2,1-2H3/b21-19-,35-34+;6-4-,20-19+/t52-,53?,54-,55-,57+,58-;36-,38?,39-,40-,42+,43-/m11/s1. The van der Waals surface area contributed by atoms with Crippen molar-refractivity contribution in [1.82, 2.24) is 9.97 Å². The van der Waals surface area contributed by atoms with E-state index in [-0.39, 0.29) is 112 Å². The first-order valence-electron chi connectivity index (χ1n) is 45.5. The van der Waals surface area contributed by atoms with E-state index in [4.69, 9.17) is 32.2 Å². The number of allylic oxidation sites excluding steroid dienone is 4. The van der Waals surface area contributed by atoms with Crippen LogP contribution in [0.5, 0.6) is 11.5 Å². The van der Waals surface area contributed by atoms with Crippen LogP contribution in [0.2, 0.25) is 54.4 Å². The molecule has 0 aliphatic heterocycles. The molecule has 19 heteroatoms. The quantitative estimate of drug-likeness (QED) is 0.0140. The number of rotatable bonds is 42. The van der Waals surface area contributed by atoms with Gasteiger partial charge < -0.3 is 47.5 Å². The first-order valence-corrected chi connectivity index (χ1v) is 54.3. The van der Waals surface area contributed by atoms with Gasteiger partial charge in [-0.05, 0) is 230 Å². The topological polar surface area (TPSA) is 219 Å². The predicted molar refractivity (Wildman–Crippen MR) is 514 cm³/mol. The summed E-state index contributed by atoms with van der Waals surface area (Å²) in [6, 6.07) is 47.7. The molecule has 0 amide bonds. The Morgan fingerprint density at radius 3 is 1.38 bits per heavy atom. The van der Waals surface area contributed by atoms with E-state index in [1.807, 2.05) is 160 Å². The van der Waals surface area contributed by atoms with Crippen LogP contribution in [0.4, 0.5) is 0 Å². The largest absolute Gasteiger partial charge is 0.491 e. The second kappa shape index (κ2) is 46.4. The summed E-state index contributed by atoms with van der Waals surface area (Å²) in [5.74, 6) is 0.869. The van der Waals surface area contributed by atoms with Gasteiger partial charge in [0.05, 0.1) is 30.5 Å². The molecule has 2 aromatic heterocycles. The number of carbonyl (C=O) groups excluding carboxylic acids is 4. The Kier molecular flexibility index (Phi) is 37.2. The molecule has 2 saturated carbocycles. The highest BCUT2D eigenvalue weighted by Crippen LogP contribution is 2.49. The van der Waals surface area contributed by atoms with Gasteiger partial charge in [-0.15, -0.1) is 0 Å². The van der Waals surface area contributed by atoms with Crippen molar-refractivity contribution >= 4 is 70.0 Å². The van der Waals surface area contributed by atoms with Crippen LogP contribution < -0.4 is 9.47 Å². The summed E-state index contributed by atoms with van der Waals surface area (Å²) < 4.78 is 45.4. The lowest BCUT2D eigenvalue weighted by atomic mass is 9.88. The number of aromatic nitrogens is 2. The minimum Gasteiger partial charge on any atom is -0.491 e. The summed E-state index contributed by atoms with van der Waals surface area (Å²) in [5.41, 5.74) is 7.95. The Labute approximate surface area is 749 Å². The first kappa shape index (κ1) is 100. The summed E-state index contributed by atoms with van der Waals surface area (Å²) in [7, 11) is -6.51. The molecule has 2 unspecified atom stereocenters. The lowest BCUT2D eigenvalue weighted by Crippen LogP contribution is -2.45. The van der Waals surface area contributed by atoms with Gasteiger partial charge in [0.15, 0.2) is 25.0 Å². The summed E-state index contributed by atoms with van der Waals surface area (Å²) in [5, 5.41) is 35.9. The summed E-state index contributed by atoms with van der Waals surface area (Å²) in [6.45, 7) is 43.9. The van der Waals surface area contributed by atoms with Crippen molar-refractivity contribution < 1.29 is 66.7 Å². The molecule has 2 aliphatic rings. The number of Topliss-reactive ketones (excluding diaryl/α,β-unsaturated/α-hetero) is 2. The Bertz CT molecular complexity index is 4900. The van der Waals surface area contributed by atoms with Crippen LogP contribution in [0.25, 0.3) is 21.5 Å². The van der Waals surface area contributed by atoms with E-state index in [9.17, 15) is 34.5 Å². The van der Waals surface area contributed by atoms with Crippen LogP contribution in [-0.4, -0.2) is 124 Å². The zero-order valence-electron chi connectivity index (χ0n) is 78.2. The van der Waals surface area contributed by atoms with E-state index < -0.39 is 43.3 Å². The molecule has 0 spiro atoms. The number of ether oxygens (including phenoxy) is 4. The number of aryl methyl sites for hydroxylation is 2. The van der Waals surface area contributed by atoms with Crippen molar-refractivity contribution in [3.63, 3.8) is 0 Å². The average Bonchev–Trinajstić information content (AvgIpc) is 1.62. The van der Waals surface area contributed by atoms with E-state index in [0.29, 0.717) is 83.0 Å². The maximum Gasteiger partial charge on any atom is 0.306 e. The van der Waals surface area contributed by atoms with Crippen molar-refractivity contribution in [2.24, 2.45) is 23.7 Å². The molecule has 3 N–H and O–H groups in total. The Hall–Kier alpha value is -8.61. The molecule has 8 aromatic rings. The van der Waals surface area contributed by atoms with Gasteiger partial charge in [0.2, 0.25) is 0 Å². The maximum atomic E-state index is 13.5. The maximum absolute atomic E-state index is 13.5. The molecule has 12 atom stereocenters. The number of nitrogens with zero attached hydrogens (tertiary/aromatic N) is 2. The van der Waals surface area contributed by atoms with Crippen LogP contribution in [0.15, 0.2) is 219 Å². The number of fused-ring (bicyclic) bond motifs is 2. The molecular weight excluding hydrogens is 1610 g/mol. The van der Waals surface area contributed by atoms with E-state index in [0.717, 1.165) is 91.1 Å². The predicted octanol–water partition coefficient (Wildman–Crippen LogP) is 23.8. The lowest BCUT2D eigenvalue weighted by Gasteiger charge is -2.40. The molecule has 0 radical (unpaired) electrons. The fourth-order valence-corrected chi connectivity index (χ4v) is 19.8. The van der Waals surface area contributed by atoms with Crippen LogP contribution in [0.1, 0.15) is 210 Å². The van der Waals surface area contributed by atoms with Crippen LogP contribution >= 0.6 is 0 Å². The molecule has 16 nitrogen and oxygen atoms in total. The van der Waals surface area contributed by atoms with Gasteiger partial charge in [-0.1, -0.05) is 234 Å². The number of benzene rings is 6. The van der Waals surface area contributed by atoms with E-state index in [2.05, 4.69) is 174 Å². The molecule has 674 valence electrons. The number of aliphatic hydroxyl groups is 3. The van der Waals surface area contributed by atoms with E-state index in [1.165, 1.54) is 0 Å². The molecular formula is C106H144N2O14Si3. The van der Waals surface area contributed by atoms with Crippen molar-refractivity contribution in [3.05, 3.63) is 263 Å². The second-order valence-corrected chi connectivity index (χ2v) is 53.5. The summed E-state index contributed by atoms with van der Waals surface area (Å²) in [6.07, 6.45) is 29.6. The number of esters is 2. The molecule has 0 saturated heterocycles. The molecule has 2 fully saturated rings. The minimum atomic E-state index is -2.18. The van der Waals surface area contributed by atoms with Gasteiger partial charge in [0.25, 0.3) is 0 Å². The third-order valence-corrected chi connectivity index (χ3v) is 39.9. The Morgan fingerprint density at radius 2 is 0.920 bits per heavy atom. The monoisotopic (exact) mass is 1750 g/mol. The third-order valence-electron chi connectivity index (χ3n) is 26.4. The smallest absolute Gasteiger partial charge is 0.306 e. The van der Waals surface area contributed by atoms with Crippen LogP contribution in [0, 0.1) is 37.5 Å². The molecule has 6 aromatic carbocycles. The number of hydrogen-bond donors (Lipinski definition) is 3. The lowest BCUT2D eigenvalue weighted by molar-refractivity contribution is -0.145. The van der Waals surface area contributed by atoms with Gasteiger partial charge in [-0.2, -0.15) is 0 Å². The Morgan fingerprint density at radius 1 is 0.480 bits per heavy atom. The number of carbonyl (C=O) groups is 4. The van der Waals surface area contributed by atoms with E-state index >= 15 is 0 Å². The fourth-order valence-electron chi connectivity index (χ4n) is 15.8. The molecule has 2 heterocycles. The van der Waals surface area contributed by atoms with Crippen molar-refractivity contribution in [3.8, 4) is 11.5 Å². The normalized spacial score (nSPS) is 19.5. The van der Waals surface area contributed by atoms with Gasteiger partial charge in [0.1, 0.15) is 55.6 Å². The van der Waals surface area contributed by atoms with Gasteiger partial charge >= 0.3 is 11.9 Å². The van der Waals surface area contributed by atoms with Gasteiger partial charge in [-0.3, -0.25) is 29.1 Å². The Balaban J connectivity index is 0.000000299. The van der Waals surface area contributed by atoms with E-state index in [1.54, 1.807) is 24.5 Å². The van der Waals surface area contributed by atoms with Crippen molar-refractivity contribution in [1.29, 1.82) is 0 Å². The molecule has 2 aliphatic carbocycles. The fraction of sp³-hybridized carbons (Fsp3) is 0.491.